The predicted molar refractivity (Wildman–Crippen MR) is 87.5 cm³/mol. The fourth-order valence-electron chi connectivity index (χ4n) is 2.07. The topological polar surface area (TPSA) is 76.9 Å². The second-order valence-corrected chi connectivity index (χ2v) is 7.47. The first-order valence-electron chi connectivity index (χ1n) is 7.03. The van der Waals surface area contributed by atoms with Crippen molar-refractivity contribution in [3.8, 4) is 5.69 Å². The number of alkyl halides is 2. The Bertz CT molecular complexity index is 858. The van der Waals surface area contributed by atoms with Gasteiger partial charge in [-0.3, -0.25) is 0 Å². The zero-order chi connectivity index (χ0) is 18.1. The van der Waals surface area contributed by atoms with Crippen LogP contribution in [0.2, 0.25) is 0 Å². The van der Waals surface area contributed by atoms with Gasteiger partial charge in [-0.2, -0.15) is 5.10 Å². The van der Waals surface area contributed by atoms with Gasteiger partial charge in [0.1, 0.15) is 11.5 Å². The minimum absolute atomic E-state index is 0.0966. The molecule has 0 bridgehead atoms. The summed E-state index contributed by atoms with van der Waals surface area (Å²) < 4.78 is 50.5. The van der Waals surface area contributed by atoms with Gasteiger partial charge in [-0.15, -0.1) is 0 Å². The van der Waals surface area contributed by atoms with Crippen molar-refractivity contribution in [2.75, 3.05) is 18.1 Å². The number of nitrogens with one attached hydrogen (secondary N) is 1. The molecule has 0 aliphatic heterocycles. The number of pyridine rings is 1. The van der Waals surface area contributed by atoms with Crippen LogP contribution < -0.4 is 5.32 Å². The largest absolute Gasteiger partial charge is 0.366 e. The summed E-state index contributed by atoms with van der Waals surface area (Å²) >= 11 is 0. The monoisotopic (exact) mass is 356 g/mol. The zero-order valence-electron chi connectivity index (χ0n) is 13.5. The maximum absolute atomic E-state index is 13.1. The van der Waals surface area contributed by atoms with E-state index in [1.807, 2.05) is 0 Å². The SMILES string of the molecule is C=C(C)CNc1c(C)c(C(F)F)nn1-c1ccc(S(C)(=O)=O)nc1. The third-order valence-electron chi connectivity index (χ3n) is 3.27. The highest BCUT2D eigenvalue weighted by Gasteiger charge is 2.22. The minimum atomic E-state index is -3.44. The summed E-state index contributed by atoms with van der Waals surface area (Å²) in [4.78, 5) is 3.86. The number of sulfone groups is 1. The number of halogens is 2. The van der Waals surface area contributed by atoms with Crippen LogP contribution in [-0.2, 0) is 9.84 Å². The second kappa shape index (κ2) is 6.68. The Balaban J connectivity index is 2.51. The van der Waals surface area contributed by atoms with Gasteiger partial charge >= 0.3 is 0 Å². The van der Waals surface area contributed by atoms with Gasteiger partial charge in [0.15, 0.2) is 14.9 Å². The van der Waals surface area contributed by atoms with Crippen molar-refractivity contribution in [2.45, 2.75) is 25.3 Å². The lowest BCUT2D eigenvalue weighted by molar-refractivity contribution is 0.145. The molecular formula is C15H18F2N4O2S. The number of hydrogen-bond acceptors (Lipinski definition) is 5. The normalized spacial score (nSPS) is 11.8. The predicted octanol–water partition coefficient (Wildman–Crippen LogP) is 2.90. The van der Waals surface area contributed by atoms with Crippen LogP contribution in [-0.4, -0.2) is 36.0 Å². The Morgan fingerprint density at radius 3 is 2.54 bits per heavy atom. The zero-order valence-corrected chi connectivity index (χ0v) is 14.4. The Labute approximate surface area is 139 Å². The molecule has 0 saturated carbocycles. The average Bonchev–Trinajstić information content (AvgIpc) is 2.81. The standard InChI is InChI=1S/C15H18F2N4O2S/c1-9(2)7-19-15-10(3)13(14(16)17)20-21(15)11-5-6-12(18-8-11)24(4,22)23/h5-6,8,14,19H,1,7H2,2-4H3. The van der Waals surface area contributed by atoms with Crippen LogP contribution in [0.1, 0.15) is 24.6 Å². The van der Waals surface area contributed by atoms with Crippen LogP contribution in [0.15, 0.2) is 35.5 Å². The van der Waals surface area contributed by atoms with Gasteiger partial charge in [-0.25, -0.2) is 26.9 Å². The Kier molecular flexibility index (Phi) is 5.02. The van der Waals surface area contributed by atoms with E-state index in [1.165, 1.54) is 23.0 Å². The summed E-state index contributed by atoms with van der Waals surface area (Å²) in [5, 5.41) is 6.86. The van der Waals surface area contributed by atoms with E-state index in [9.17, 15) is 17.2 Å². The quantitative estimate of drug-likeness (QED) is 0.806. The lowest BCUT2D eigenvalue weighted by Crippen LogP contribution is -2.10. The van der Waals surface area contributed by atoms with E-state index in [4.69, 9.17) is 0 Å². The number of rotatable bonds is 6. The summed E-state index contributed by atoms with van der Waals surface area (Å²) in [5.74, 6) is 0.391. The Hall–Kier alpha value is -2.29. The van der Waals surface area contributed by atoms with Crippen LogP contribution in [0, 0.1) is 6.92 Å². The van der Waals surface area contributed by atoms with Gasteiger partial charge in [0.2, 0.25) is 0 Å². The fraction of sp³-hybridized carbons (Fsp3) is 0.333. The van der Waals surface area contributed by atoms with Crippen LogP contribution in [0.3, 0.4) is 0 Å². The summed E-state index contributed by atoms with van der Waals surface area (Å²) in [6.45, 7) is 7.51. The molecule has 0 amide bonds. The van der Waals surface area contributed by atoms with E-state index in [2.05, 4.69) is 22.0 Å². The van der Waals surface area contributed by atoms with E-state index in [-0.39, 0.29) is 10.7 Å². The van der Waals surface area contributed by atoms with Gasteiger partial charge in [0.05, 0.1) is 11.9 Å². The van der Waals surface area contributed by atoms with Crippen LogP contribution in [0.4, 0.5) is 14.6 Å². The van der Waals surface area contributed by atoms with E-state index >= 15 is 0 Å². The molecule has 24 heavy (non-hydrogen) atoms. The first kappa shape index (κ1) is 18.1. The third kappa shape index (κ3) is 3.78. The van der Waals surface area contributed by atoms with E-state index in [0.717, 1.165) is 11.8 Å². The van der Waals surface area contributed by atoms with Gasteiger partial charge < -0.3 is 5.32 Å². The third-order valence-corrected chi connectivity index (χ3v) is 4.27. The van der Waals surface area contributed by atoms with Gasteiger partial charge in [-0.1, -0.05) is 12.2 Å². The van der Waals surface area contributed by atoms with Crippen molar-refractivity contribution >= 4 is 15.7 Å². The maximum atomic E-state index is 13.1. The molecule has 0 spiro atoms. The molecule has 0 atom stereocenters. The first-order chi connectivity index (χ1) is 11.1. The van der Waals surface area contributed by atoms with E-state index in [1.54, 1.807) is 13.8 Å². The van der Waals surface area contributed by atoms with Crippen molar-refractivity contribution in [2.24, 2.45) is 0 Å². The second-order valence-electron chi connectivity index (χ2n) is 5.51. The van der Waals surface area contributed by atoms with Gasteiger partial charge in [0, 0.05) is 18.4 Å². The molecule has 2 rings (SSSR count). The summed E-state index contributed by atoms with van der Waals surface area (Å²) in [6, 6.07) is 2.78. The molecule has 2 heterocycles. The van der Waals surface area contributed by atoms with Crippen LogP contribution >= 0.6 is 0 Å². The minimum Gasteiger partial charge on any atom is -0.366 e. The van der Waals surface area contributed by atoms with Crippen LogP contribution in [0.25, 0.3) is 5.69 Å². The maximum Gasteiger partial charge on any atom is 0.282 e. The number of hydrogen-bond donors (Lipinski definition) is 1. The molecule has 0 aliphatic carbocycles. The molecule has 0 radical (unpaired) electrons. The molecule has 0 unspecified atom stereocenters. The highest BCUT2D eigenvalue weighted by molar-refractivity contribution is 7.90. The molecule has 2 aromatic rings. The van der Waals surface area contributed by atoms with Crippen LogP contribution in [0.5, 0.6) is 0 Å². The van der Waals surface area contributed by atoms with E-state index in [0.29, 0.717) is 23.6 Å². The highest BCUT2D eigenvalue weighted by atomic mass is 32.2. The van der Waals surface area contributed by atoms with Crippen molar-refractivity contribution in [1.29, 1.82) is 0 Å². The summed E-state index contributed by atoms with van der Waals surface area (Å²) in [5.41, 5.74) is 1.18. The molecule has 0 aliphatic rings. The fourth-order valence-corrected chi connectivity index (χ4v) is 2.63. The van der Waals surface area contributed by atoms with Gasteiger partial charge in [-0.05, 0) is 26.0 Å². The molecule has 0 saturated heterocycles. The van der Waals surface area contributed by atoms with Crippen molar-refractivity contribution in [3.05, 3.63) is 41.7 Å². The lowest BCUT2D eigenvalue weighted by Gasteiger charge is -2.11. The lowest BCUT2D eigenvalue weighted by atomic mass is 10.2. The van der Waals surface area contributed by atoms with Gasteiger partial charge in [0.25, 0.3) is 6.43 Å². The summed E-state index contributed by atoms with van der Waals surface area (Å²) in [7, 11) is -3.44. The first-order valence-corrected chi connectivity index (χ1v) is 8.92. The number of aromatic nitrogens is 3. The highest BCUT2D eigenvalue weighted by Crippen LogP contribution is 2.29. The molecular weight excluding hydrogens is 338 g/mol. The van der Waals surface area contributed by atoms with Crippen molar-refractivity contribution < 1.29 is 17.2 Å². The summed E-state index contributed by atoms with van der Waals surface area (Å²) in [6.07, 6.45) is -0.397. The van der Waals surface area contributed by atoms with E-state index < -0.39 is 16.3 Å². The molecule has 2 aromatic heterocycles. The van der Waals surface area contributed by atoms with Crippen molar-refractivity contribution in [1.82, 2.24) is 14.8 Å². The van der Waals surface area contributed by atoms with Crippen molar-refractivity contribution in [3.63, 3.8) is 0 Å². The number of nitrogens with zero attached hydrogens (tertiary/aromatic N) is 3. The smallest absolute Gasteiger partial charge is 0.282 e. The molecule has 130 valence electrons. The molecule has 9 heteroatoms. The molecule has 6 nitrogen and oxygen atoms in total. The molecule has 0 aromatic carbocycles. The Morgan fingerprint density at radius 1 is 1.42 bits per heavy atom. The molecule has 1 N–H and O–H groups in total. The number of anilines is 1. The Morgan fingerprint density at radius 2 is 2.08 bits per heavy atom. The average molecular weight is 356 g/mol. The molecule has 0 fully saturated rings.